The van der Waals surface area contributed by atoms with Gasteiger partial charge in [-0.2, -0.15) is 0 Å². The Balaban J connectivity index is 1.21. The third-order valence-corrected chi connectivity index (χ3v) is 11.6. The van der Waals surface area contributed by atoms with Crippen molar-refractivity contribution in [2.24, 2.45) is 0 Å². The number of benzene rings is 9. The van der Waals surface area contributed by atoms with Gasteiger partial charge in [-0.15, -0.1) is 0 Å². The fraction of sp³-hybridized carbons (Fsp3) is 0. The first-order chi connectivity index (χ1) is 30.5. The molecular weight excluding hydrogens is 639 g/mol. The summed E-state index contributed by atoms with van der Waals surface area (Å²) in [5.41, 5.74) is 10.6. The monoisotopic (exact) mass is 678 g/mol. The molecule has 2 nitrogen and oxygen atoms in total. The molecule has 0 unspecified atom stereocenters. The molecule has 0 amide bonds. The summed E-state index contributed by atoms with van der Waals surface area (Å²) in [6, 6.07) is 35.6. The van der Waals surface area contributed by atoms with Crippen LogP contribution in [-0.4, -0.2) is 15.8 Å². The molecule has 0 atom stereocenters. The fourth-order valence-corrected chi connectivity index (χ4v) is 9.86. The van der Waals surface area contributed by atoms with E-state index in [1.54, 1.807) is 0 Å². The molecule has 11 aromatic rings. The molecule has 0 bridgehead atoms. The van der Waals surface area contributed by atoms with Gasteiger partial charge >= 0.3 is 0 Å². The third kappa shape index (κ3) is 3.41. The van der Waals surface area contributed by atoms with Crippen molar-refractivity contribution in [3.05, 3.63) is 176 Å². The summed E-state index contributed by atoms with van der Waals surface area (Å²) < 4.78 is 91.2. The van der Waals surface area contributed by atoms with Crippen LogP contribution in [0, 0.1) is 0 Å². The Morgan fingerprint density at radius 3 is 1.36 bits per heavy atom. The summed E-state index contributed by atoms with van der Waals surface area (Å²) in [5, 5.41) is 7.77. The maximum absolute atomic E-state index is 9.09. The SMILES string of the molecule is [2H]c1c([2H])c([2H])c(-n2c3ccccc3c3c4c5c(cccc5cc32)B2c3c-4cccc3-c3c4c2cccc4cc2c3c3ccccc3n2-c2c([2H])c([2H])c([2H])c([2H])c2[2H])c([2H])c1[2H]. The highest BCUT2D eigenvalue weighted by Gasteiger charge is 2.40. The zero-order valence-corrected chi connectivity index (χ0v) is 27.9. The number of para-hydroxylation sites is 4. The van der Waals surface area contributed by atoms with Gasteiger partial charge in [0.1, 0.15) is 0 Å². The van der Waals surface area contributed by atoms with Gasteiger partial charge in [-0.1, -0.05) is 144 Å². The van der Waals surface area contributed by atoms with Gasteiger partial charge in [0.05, 0.1) is 35.8 Å². The molecule has 0 saturated heterocycles. The minimum absolute atomic E-state index is 0.0946. The maximum Gasteiger partial charge on any atom is 0.244 e. The van der Waals surface area contributed by atoms with Gasteiger partial charge in [0.25, 0.3) is 0 Å². The van der Waals surface area contributed by atoms with E-state index >= 15 is 0 Å². The van der Waals surface area contributed by atoms with Crippen LogP contribution in [0.2, 0.25) is 0 Å². The van der Waals surface area contributed by atoms with Gasteiger partial charge in [-0.3, -0.25) is 0 Å². The van der Waals surface area contributed by atoms with Crippen LogP contribution in [0.25, 0.3) is 98.8 Å². The van der Waals surface area contributed by atoms with Gasteiger partial charge in [-0.05, 0) is 92.2 Å². The summed E-state index contributed by atoms with van der Waals surface area (Å²) >= 11 is 0. The molecule has 0 aliphatic carbocycles. The number of nitrogens with zero attached hydrogens (tertiary/aromatic N) is 2. The van der Waals surface area contributed by atoms with E-state index in [0.29, 0.717) is 0 Å². The molecule has 0 spiro atoms. The van der Waals surface area contributed by atoms with E-state index in [1.165, 1.54) is 0 Å². The Kier molecular flexibility index (Phi) is 3.80. The minimum Gasteiger partial charge on any atom is -0.309 e. The Morgan fingerprint density at radius 1 is 0.415 bits per heavy atom. The summed E-state index contributed by atoms with van der Waals surface area (Å²) in [6.45, 7) is -0.151. The van der Waals surface area contributed by atoms with E-state index in [0.717, 1.165) is 104 Å². The van der Waals surface area contributed by atoms with Crippen molar-refractivity contribution in [3.63, 3.8) is 0 Å². The molecule has 9 aromatic carbocycles. The summed E-state index contributed by atoms with van der Waals surface area (Å²) in [5.74, 6) is 0. The van der Waals surface area contributed by atoms with E-state index in [2.05, 4.69) is 66.7 Å². The van der Waals surface area contributed by atoms with E-state index < -0.39 is 36.3 Å². The number of hydrogen-bond donors (Lipinski definition) is 0. The lowest BCUT2D eigenvalue weighted by Gasteiger charge is -2.34. The van der Waals surface area contributed by atoms with E-state index in [4.69, 9.17) is 13.7 Å². The van der Waals surface area contributed by atoms with Crippen LogP contribution in [0.1, 0.15) is 13.7 Å². The predicted molar refractivity (Wildman–Crippen MR) is 226 cm³/mol. The van der Waals surface area contributed by atoms with Crippen LogP contribution < -0.4 is 16.4 Å². The van der Waals surface area contributed by atoms with Crippen LogP contribution in [0.3, 0.4) is 0 Å². The quantitative estimate of drug-likeness (QED) is 0.161. The van der Waals surface area contributed by atoms with E-state index in [-0.39, 0.29) is 42.3 Å². The number of aromatic nitrogens is 2. The lowest BCUT2D eigenvalue weighted by Crippen LogP contribution is -2.57. The third-order valence-electron chi connectivity index (χ3n) is 11.6. The van der Waals surface area contributed by atoms with Crippen LogP contribution in [0.5, 0.6) is 0 Å². The Hall–Kier alpha value is -6.84. The van der Waals surface area contributed by atoms with Crippen molar-refractivity contribution in [2.45, 2.75) is 0 Å². The standard InChI is InChI=1S/C50H29BN2/c1-3-16-32(17-4-1)52-40-26-9-7-20-34(40)46-42(52)28-30-14-11-24-38-44(30)48(46)36-22-13-23-37-49-45-31(15-12-25-39(45)51(38)50(36)37)29-43-47(49)35-21-8-10-27-41(35)53(43)33-18-5-2-6-19-33/h1-29H/i1D,2D,3D,4D,5D,6D,16D,17D,18D,19D. The van der Waals surface area contributed by atoms with Crippen molar-refractivity contribution in [1.82, 2.24) is 9.13 Å². The molecule has 2 aliphatic rings. The molecule has 4 heterocycles. The molecule has 3 heteroatoms. The molecule has 242 valence electrons. The van der Waals surface area contributed by atoms with Crippen molar-refractivity contribution in [2.75, 3.05) is 0 Å². The molecule has 2 aliphatic heterocycles. The molecule has 0 saturated carbocycles. The summed E-state index contributed by atoms with van der Waals surface area (Å²) in [7, 11) is 0. The predicted octanol–water partition coefficient (Wildman–Crippen LogP) is 10.7. The van der Waals surface area contributed by atoms with Crippen LogP contribution in [0.15, 0.2) is 176 Å². The first-order valence-electron chi connectivity index (χ1n) is 22.7. The van der Waals surface area contributed by atoms with Crippen molar-refractivity contribution < 1.29 is 13.7 Å². The Labute approximate surface area is 319 Å². The van der Waals surface area contributed by atoms with Gasteiger partial charge in [0.15, 0.2) is 0 Å². The second-order valence-electron chi connectivity index (χ2n) is 14.0. The van der Waals surface area contributed by atoms with Gasteiger partial charge in [0.2, 0.25) is 6.71 Å². The average molecular weight is 679 g/mol. The van der Waals surface area contributed by atoms with E-state index in [9.17, 15) is 0 Å². The maximum atomic E-state index is 9.09. The Morgan fingerprint density at radius 2 is 0.868 bits per heavy atom. The highest BCUT2D eigenvalue weighted by atomic mass is 15.0. The highest BCUT2D eigenvalue weighted by molar-refractivity contribution is 7.01. The number of hydrogen-bond acceptors (Lipinski definition) is 0. The smallest absolute Gasteiger partial charge is 0.244 e. The largest absolute Gasteiger partial charge is 0.309 e. The average Bonchev–Trinajstić information content (AvgIpc) is 3.80. The topological polar surface area (TPSA) is 9.86 Å². The normalized spacial score (nSPS) is 15.5. The second kappa shape index (κ2) is 9.94. The zero-order chi connectivity index (χ0) is 43.1. The second-order valence-corrected chi connectivity index (χ2v) is 14.0. The minimum atomic E-state index is -0.442. The van der Waals surface area contributed by atoms with Gasteiger partial charge in [0, 0.05) is 32.9 Å². The zero-order valence-electron chi connectivity index (χ0n) is 37.9. The number of rotatable bonds is 2. The van der Waals surface area contributed by atoms with Crippen molar-refractivity contribution >= 4 is 88.3 Å². The lowest BCUT2D eigenvalue weighted by molar-refractivity contribution is 1.18. The van der Waals surface area contributed by atoms with E-state index in [1.807, 2.05) is 57.7 Å². The fourth-order valence-electron chi connectivity index (χ4n) is 9.86. The molecule has 0 fully saturated rings. The number of fused-ring (bicyclic) bond motifs is 12. The summed E-state index contributed by atoms with van der Waals surface area (Å²) in [4.78, 5) is 0. The first kappa shape index (κ1) is 20.3. The van der Waals surface area contributed by atoms with Crippen LogP contribution >= 0.6 is 0 Å². The van der Waals surface area contributed by atoms with Crippen molar-refractivity contribution in [1.29, 1.82) is 0 Å². The molecule has 2 aromatic heterocycles. The molecule has 53 heavy (non-hydrogen) atoms. The van der Waals surface area contributed by atoms with Crippen LogP contribution in [0.4, 0.5) is 0 Å². The van der Waals surface area contributed by atoms with Gasteiger partial charge < -0.3 is 9.13 Å². The van der Waals surface area contributed by atoms with Gasteiger partial charge in [-0.25, -0.2) is 0 Å². The van der Waals surface area contributed by atoms with Crippen LogP contribution in [-0.2, 0) is 0 Å². The molecule has 0 N–H and O–H groups in total. The summed E-state index contributed by atoms with van der Waals surface area (Å²) in [6.07, 6.45) is 0. The van der Waals surface area contributed by atoms with Crippen molar-refractivity contribution in [3.8, 4) is 33.6 Å². The molecule has 0 radical (unpaired) electrons. The highest BCUT2D eigenvalue weighted by Crippen LogP contribution is 2.48. The lowest BCUT2D eigenvalue weighted by atomic mass is 9.31. The Bertz CT molecular complexity index is 3690. The molecule has 13 rings (SSSR count). The molecular formula is C50H29BN2. The first-order valence-corrected chi connectivity index (χ1v) is 17.7.